The summed E-state index contributed by atoms with van der Waals surface area (Å²) in [4.78, 5) is 15.2. The number of nitrogens with two attached hydrogens (primary N) is 1. The minimum Gasteiger partial charge on any atom is -0.368 e. The molecule has 1 amide bonds. The number of thioether (sulfide) groups is 1. The Morgan fingerprint density at radius 1 is 1.75 bits per heavy atom. The minimum atomic E-state index is -0.439. The number of carbonyl (C=O) groups is 1. The van der Waals surface area contributed by atoms with Crippen LogP contribution in [0.3, 0.4) is 0 Å². The molecule has 12 heavy (non-hydrogen) atoms. The van der Waals surface area contributed by atoms with Crippen molar-refractivity contribution in [3.8, 4) is 0 Å². The highest BCUT2D eigenvalue weighted by Gasteiger charge is 2.13. The lowest BCUT2D eigenvalue weighted by atomic mass is 10.2. The predicted molar refractivity (Wildman–Crippen MR) is 48.6 cm³/mol. The molecule has 1 atom stereocenters. The topological polar surface area (TPSA) is 64.4 Å². The fraction of sp³-hybridized carbons (Fsp3) is 0.857. The van der Waals surface area contributed by atoms with Crippen LogP contribution in [0.5, 0.6) is 0 Å². The minimum absolute atomic E-state index is 0.0405. The summed E-state index contributed by atoms with van der Waals surface area (Å²) in [6.45, 7) is -0.0405. The van der Waals surface area contributed by atoms with Crippen molar-refractivity contribution >= 4 is 17.7 Å². The van der Waals surface area contributed by atoms with Crippen molar-refractivity contribution in [2.45, 2.75) is 18.9 Å². The van der Waals surface area contributed by atoms with E-state index in [1.54, 1.807) is 0 Å². The molecule has 0 aromatic carbocycles. The third-order valence-electron chi connectivity index (χ3n) is 1.62. The molecule has 0 bridgehead atoms. The van der Waals surface area contributed by atoms with Crippen LogP contribution in [0.4, 0.5) is 0 Å². The summed E-state index contributed by atoms with van der Waals surface area (Å²) in [5.74, 6) is 1.85. The van der Waals surface area contributed by atoms with Gasteiger partial charge in [-0.05, 0) is 18.6 Å². The van der Waals surface area contributed by atoms with Crippen molar-refractivity contribution in [2.75, 3.05) is 18.1 Å². The van der Waals surface area contributed by atoms with Crippen molar-refractivity contribution in [3.63, 3.8) is 0 Å². The lowest BCUT2D eigenvalue weighted by molar-refractivity contribution is -0.125. The van der Waals surface area contributed by atoms with Gasteiger partial charge < -0.3 is 5.73 Å². The van der Waals surface area contributed by atoms with Crippen LogP contribution in [-0.4, -0.2) is 30.1 Å². The Bertz CT molecular complexity index is 148. The largest absolute Gasteiger partial charge is 0.368 e. The summed E-state index contributed by atoms with van der Waals surface area (Å²) in [5, 5.41) is 0. The molecule has 3 N–H and O–H groups in total. The maximum Gasteiger partial charge on any atom is 0.245 e. The molecule has 70 valence electrons. The number of hydrogen-bond acceptors (Lipinski definition) is 4. The molecule has 1 aliphatic heterocycles. The fourth-order valence-electron chi connectivity index (χ4n) is 1.06. The molecule has 0 aliphatic carbocycles. The van der Waals surface area contributed by atoms with Gasteiger partial charge in [-0.15, -0.1) is 0 Å². The third kappa shape index (κ3) is 3.94. The first-order valence-corrected chi connectivity index (χ1v) is 5.18. The summed E-state index contributed by atoms with van der Waals surface area (Å²) in [6, 6.07) is 0.378. The monoisotopic (exact) mass is 190 g/mol. The molecule has 1 heterocycles. The number of rotatable bonds is 4. The molecule has 0 aromatic heterocycles. The lowest BCUT2D eigenvalue weighted by Gasteiger charge is -2.21. The number of amides is 1. The number of nitrogens with one attached hydrogen (secondary N) is 1. The van der Waals surface area contributed by atoms with Crippen molar-refractivity contribution in [3.05, 3.63) is 0 Å². The second-order valence-corrected chi connectivity index (χ2v) is 3.94. The molecule has 0 radical (unpaired) electrons. The zero-order valence-corrected chi connectivity index (χ0v) is 7.73. The van der Waals surface area contributed by atoms with Gasteiger partial charge in [0, 0.05) is 11.8 Å². The van der Waals surface area contributed by atoms with Gasteiger partial charge in [-0.25, -0.2) is 0 Å². The smallest absolute Gasteiger partial charge is 0.245 e. The first-order chi connectivity index (χ1) is 5.79. The zero-order valence-electron chi connectivity index (χ0n) is 6.91. The molecular weight excluding hydrogens is 176 g/mol. The molecule has 0 saturated carbocycles. The van der Waals surface area contributed by atoms with E-state index in [9.17, 15) is 4.79 Å². The molecule has 0 aromatic rings. The van der Waals surface area contributed by atoms with Crippen LogP contribution in [0, 0.1) is 0 Å². The SMILES string of the molecule is NC(=O)CONC1CCCSC1. The Morgan fingerprint density at radius 2 is 2.58 bits per heavy atom. The number of primary amides is 1. The van der Waals surface area contributed by atoms with E-state index in [1.165, 1.54) is 12.2 Å². The standard InChI is InChI=1S/C7H14N2O2S/c8-7(10)4-11-9-6-2-1-3-12-5-6/h6,9H,1-5H2,(H2,8,10). The molecule has 1 fully saturated rings. The maximum atomic E-state index is 10.3. The van der Waals surface area contributed by atoms with E-state index in [-0.39, 0.29) is 6.61 Å². The maximum absolute atomic E-state index is 10.3. The summed E-state index contributed by atoms with van der Waals surface area (Å²) >= 11 is 1.90. The third-order valence-corrected chi connectivity index (χ3v) is 2.84. The van der Waals surface area contributed by atoms with Gasteiger partial charge in [0.05, 0.1) is 0 Å². The van der Waals surface area contributed by atoms with Gasteiger partial charge in [-0.1, -0.05) is 0 Å². The Labute approximate surface area is 76.2 Å². The molecule has 0 spiro atoms. The van der Waals surface area contributed by atoms with Crippen LogP contribution in [0.1, 0.15) is 12.8 Å². The van der Waals surface area contributed by atoms with E-state index in [2.05, 4.69) is 5.48 Å². The summed E-state index contributed by atoms with van der Waals surface area (Å²) in [5.41, 5.74) is 7.73. The summed E-state index contributed by atoms with van der Waals surface area (Å²) in [6.07, 6.45) is 2.33. The van der Waals surface area contributed by atoms with E-state index in [1.807, 2.05) is 11.8 Å². The Balaban J connectivity index is 2.01. The van der Waals surface area contributed by atoms with Crippen molar-refractivity contribution in [1.29, 1.82) is 0 Å². The van der Waals surface area contributed by atoms with Gasteiger partial charge in [-0.2, -0.15) is 17.2 Å². The molecule has 4 nitrogen and oxygen atoms in total. The van der Waals surface area contributed by atoms with Crippen LogP contribution in [-0.2, 0) is 9.63 Å². The number of carbonyl (C=O) groups excluding carboxylic acids is 1. The van der Waals surface area contributed by atoms with Gasteiger partial charge in [0.15, 0.2) is 0 Å². The molecule has 1 saturated heterocycles. The Kier molecular flexibility index (Phi) is 4.42. The second-order valence-electron chi connectivity index (χ2n) is 2.79. The predicted octanol–water partition coefficient (Wildman–Crippen LogP) is -0.112. The van der Waals surface area contributed by atoms with Gasteiger partial charge >= 0.3 is 0 Å². The summed E-state index contributed by atoms with van der Waals surface area (Å²) < 4.78 is 0. The molecule has 5 heteroatoms. The van der Waals surface area contributed by atoms with Crippen molar-refractivity contribution < 1.29 is 9.63 Å². The van der Waals surface area contributed by atoms with Crippen molar-refractivity contribution in [2.24, 2.45) is 5.73 Å². The average Bonchev–Trinajstić information content (AvgIpc) is 2.05. The molecule has 1 rings (SSSR count). The zero-order chi connectivity index (χ0) is 8.81. The molecule has 1 unspecified atom stereocenters. The van der Waals surface area contributed by atoms with E-state index in [4.69, 9.17) is 10.6 Å². The Hall–Kier alpha value is -0.260. The van der Waals surface area contributed by atoms with Gasteiger partial charge in [-0.3, -0.25) is 9.63 Å². The second kappa shape index (κ2) is 5.40. The van der Waals surface area contributed by atoms with E-state index in [0.717, 1.165) is 12.2 Å². The first-order valence-electron chi connectivity index (χ1n) is 4.02. The van der Waals surface area contributed by atoms with E-state index in [0.29, 0.717) is 6.04 Å². The number of hydroxylamine groups is 1. The van der Waals surface area contributed by atoms with Crippen LogP contribution in [0.25, 0.3) is 0 Å². The van der Waals surface area contributed by atoms with Gasteiger partial charge in [0.25, 0.3) is 0 Å². The van der Waals surface area contributed by atoms with Crippen LogP contribution in [0.15, 0.2) is 0 Å². The van der Waals surface area contributed by atoms with Crippen molar-refractivity contribution in [1.82, 2.24) is 5.48 Å². The van der Waals surface area contributed by atoms with Gasteiger partial charge in [0.2, 0.25) is 5.91 Å². The highest BCUT2D eigenvalue weighted by molar-refractivity contribution is 7.99. The van der Waals surface area contributed by atoms with E-state index < -0.39 is 5.91 Å². The van der Waals surface area contributed by atoms with Crippen LogP contribution < -0.4 is 11.2 Å². The molecular formula is C7H14N2O2S. The molecule has 1 aliphatic rings. The van der Waals surface area contributed by atoms with E-state index >= 15 is 0 Å². The average molecular weight is 190 g/mol. The highest BCUT2D eigenvalue weighted by Crippen LogP contribution is 2.16. The fourth-order valence-corrected chi connectivity index (χ4v) is 2.12. The van der Waals surface area contributed by atoms with Crippen LogP contribution >= 0.6 is 11.8 Å². The number of hydrogen-bond donors (Lipinski definition) is 2. The quantitative estimate of drug-likeness (QED) is 0.607. The highest BCUT2D eigenvalue weighted by atomic mass is 32.2. The first kappa shape index (κ1) is 9.83. The Morgan fingerprint density at radius 3 is 3.17 bits per heavy atom. The normalized spacial score (nSPS) is 23.8. The van der Waals surface area contributed by atoms with Crippen LogP contribution in [0.2, 0.25) is 0 Å². The lowest BCUT2D eigenvalue weighted by Crippen LogP contribution is -2.36. The summed E-state index contributed by atoms with van der Waals surface area (Å²) in [7, 11) is 0. The van der Waals surface area contributed by atoms with Gasteiger partial charge in [0.1, 0.15) is 6.61 Å².